The number of hydrogen-bond donors (Lipinski definition) is 1. The average Bonchev–Trinajstić information content (AvgIpc) is 2.54. The van der Waals surface area contributed by atoms with Crippen molar-refractivity contribution in [3.05, 3.63) is 59.2 Å². The lowest BCUT2D eigenvalue weighted by atomic mass is 9.99. The van der Waals surface area contributed by atoms with Gasteiger partial charge in [-0.05, 0) is 30.7 Å². The van der Waals surface area contributed by atoms with Gasteiger partial charge < -0.3 is 14.8 Å². The largest absolute Gasteiger partial charge is 0.497 e. The molecule has 0 spiro atoms. The molecule has 2 aromatic carbocycles. The van der Waals surface area contributed by atoms with Crippen LogP contribution in [0.15, 0.2) is 42.5 Å². The third kappa shape index (κ3) is 3.19. The molecule has 0 fully saturated rings. The van der Waals surface area contributed by atoms with Crippen LogP contribution < -0.4 is 14.8 Å². The predicted octanol–water partition coefficient (Wildman–Crippen LogP) is 3.62. The number of aryl methyl sites for hydroxylation is 1. The minimum absolute atomic E-state index is 0.310. The Morgan fingerprint density at radius 1 is 1.19 bits per heavy atom. The molecule has 1 aliphatic rings. The fourth-order valence-corrected chi connectivity index (χ4v) is 2.66. The number of ether oxygens (including phenoxy) is 2. The van der Waals surface area contributed by atoms with Gasteiger partial charge >= 0.3 is 0 Å². The Kier molecular flexibility index (Phi) is 4.11. The van der Waals surface area contributed by atoms with Gasteiger partial charge in [0.15, 0.2) is 0 Å². The highest BCUT2D eigenvalue weighted by Gasteiger charge is 2.21. The fraction of sp³-hybridized carbons (Fsp3) is 0.333. The van der Waals surface area contributed by atoms with Gasteiger partial charge in [0.05, 0.1) is 13.7 Å². The monoisotopic (exact) mass is 283 g/mol. The summed E-state index contributed by atoms with van der Waals surface area (Å²) < 4.78 is 11.0. The maximum atomic E-state index is 5.73. The van der Waals surface area contributed by atoms with E-state index in [-0.39, 0.29) is 0 Å². The van der Waals surface area contributed by atoms with Crippen LogP contribution in [0.5, 0.6) is 11.5 Å². The zero-order valence-corrected chi connectivity index (χ0v) is 12.6. The van der Waals surface area contributed by atoms with Gasteiger partial charge in [0.1, 0.15) is 11.5 Å². The van der Waals surface area contributed by atoms with Crippen molar-refractivity contribution in [1.82, 2.24) is 5.32 Å². The van der Waals surface area contributed by atoms with Crippen molar-refractivity contribution in [1.29, 1.82) is 0 Å². The van der Waals surface area contributed by atoms with Gasteiger partial charge in [-0.2, -0.15) is 0 Å². The van der Waals surface area contributed by atoms with Gasteiger partial charge in [0, 0.05) is 24.6 Å². The Bertz CT molecular complexity index is 607. The first-order valence-electron chi connectivity index (χ1n) is 7.36. The van der Waals surface area contributed by atoms with Gasteiger partial charge in [-0.1, -0.05) is 29.8 Å². The first-order valence-corrected chi connectivity index (χ1v) is 7.36. The summed E-state index contributed by atoms with van der Waals surface area (Å²) in [7, 11) is 1.69. The van der Waals surface area contributed by atoms with Crippen LogP contribution in [0.2, 0.25) is 0 Å². The third-order valence-corrected chi connectivity index (χ3v) is 3.93. The van der Waals surface area contributed by atoms with Gasteiger partial charge in [0.25, 0.3) is 0 Å². The van der Waals surface area contributed by atoms with Crippen LogP contribution in [-0.2, 0) is 6.54 Å². The molecule has 0 aromatic heterocycles. The maximum Gasteiger partial charge on any atom is 0.124 e. The molecular formula is C18H21NO2. The van der Waals surface area contributed by atoms with Gasteiger partial charge in [-0.25, -0.2) is 0 Å². The first kappa shape index (κ1) is 14.0. The number of hydrogen-bond acceptors (Lipinski definition) is 3. The van der Waals surface area contributed by atoms with Crippen LogP contribution in [0.4, 0.5) is 0 Å². The highest BCUT2D eigenvalue weighted by molar-refractivity contribution is 5.43. The van der Waals surface area contributed by atoms with E-state index in [2.05, 4.69) is 42.6 Å². The first-order chi connectivity index (χ1) is 10.3. The lowest BCUT2D eigenvalue weighted by Crippen LogP contribution is -2.26. The predicted molar refractivity (Wildman–Crippen MR) is 83.9 cm³/mol. The summed E-state index contributed by atoms with van der Waals surface area (Å²) in [5, 5.41) is 3.63. The van der Waals surface area contributed by atoms with E-state index in [4.69, 9.17) is 9.47 Å². The Labute approximate surface area is 125 Å². The van der Waals surface area contributed by atoms with E-state index in [1.165, 1.54) is 16.7 Å². The zero-order valence-electron chi connectivity index (χ0n) is 12.6. The molecule has 0 aliphatic carbocycles. The minimum atomic E-state index is 0.310. The molecular weight excluding hydrogens is 262 g/mol. The van der Waals surface area contributed by atoms with E-state index >= 15 is 0 Å². The van der Waals surface area contributed by atoms with Crippen LogP contribution in [-0.4, -0.2) is 13.7 Å². The molecule has 1 heterocycles. The minimum Gasteiger partial charge on any atom is -0.497 e. The topological polar surface area (TPSA) is 30.5 Å². The van der Waals surface area contributed by atoms with E-state index in [1.54, 1.807) is 7.11 Å². The van der Waals surface area contributed by atoms with E-state index in [1.807, 2.05) is 12.1 Å². The van der Waals surface area contributed by atoms with Crippen molar-refractivity contribution in [3.8, 4) is 11.5 Å². The Morgan fingerprint density at radius 2 is 2.00 bits per heavy atom. The molecule has 0 radical (unpaired) electrons. The molecule has 3 heteroatoms. The molecule has 2 aromatic rings. The SMILES string of the molecule is COc1ccc2c(c1)C(NCc1ccc(C)cc1)CCO2. The second kappa shape index (κ2) is 6.19. The highest BCUT2D eigenvalue weighted by atomic mass is 16.5. The van der Waals surface area contributed by atoms with E-state index in [0.29, 0.717) is 6.04 Å². The van der Waals surface area contributed by atoms with Crippen LogP contribution in [0, 0.1) is 6.92 Å². The number of rotatable bonds is 4. The van der Waals surface area contributed by atoms with Gasteiger partial charge in [-0.3, -0.25) is 0 Å². The van der Waals surface area contributed by atoms with Gasteiger partial charge in [-0.15, -0.1) is 0 Å². The van der Waals surface area contributed by atoms with Gasteiger partial charge in [0.2, 0.25) is 0 Å². The molecule has 1 atom stereocenters. The summed E-state index contributed by atoms with van der Waals surface area (Å²) >= 11 is 0. The molecule has 3 rings (SSSR count). The summed E-state index contributed by atoms with van der Waals surface area (Å²) in [5.74, 6) is 1.84. The number of fused-ring (bicyclic) bond motifs is 1. The average molecular weight is 283 g/mol. The van der Waals surface area contributed by atoms with Crippen LogP contribution in [0.1, 0.15) is 29.2 Å². The van der Waals surface area contributed by atoms with Crippen molar-refractivity contribution in [2.24, 2.45) is 0 Å². The van der Waals surface area contributed by atoms with E-state index in [9.17, 15) is 0 Å². The Morgan fingerprint density at radius 3 is 2.76 bits per heavy atom. The Balaban J connectivity index is 1.73. The molecule has 0 saturated heterocycles. The molecule has 1 N–H and O–H groups in total. The second-order valence-electron chi connectivity index (χ2n) is 5.46. The molecule has 3 nitrogen and oxygen atoms in total. The van der Waals surface area contributed by atoms with Crippen molar-refractivity contribution in [2.75, 3.05) is 13.7 Å². The normalized spacial score (nSPS) is 17.0. The molecule has 21 heavy (non-hydrogen) atoms. The summed E-state index contributed by atoms with van der Waals surface area (Å²) in [5.41, 5.74) is 3.78. The van der Waals surface area contributed by atoms with Crippen LogP contribution in [0.25, 0.3) is 0 Å². The fourth-order valence-electron chi connectivity index (χ4n) is 2.66. The van der Waals surface area contributed by atoms with Crippen molar-refractivity contribution in [2.45, 2.75) is 25.9 Å². The molecule has 110 valence electrons. The highest BCUT2D eigenvalue weighted by Crippen LogP contribution is 2.34. The zero-order chi connectivity index (χ0) is 14.7. The molecule has 0 saturated carbocycles. The standard InChI is InChI=1S/C18H21NO2/c1-13-3-5-14(6-4-13)12-19-17-9-10-21-18-8-7-15(20-2)11-16(17)18/h3-8,11,17,19H,9-10,12H2,1-2H3. The number of methoxy groups -OCH3 is 1. The summed E-state index contributed by atoms with van der Waals surface area (Å²) in [6, 6.07) is 15.0. The molecule has 1 aliphatic heterocycles. The summed E-state index contributed by atoms with van der Waals surface area (Å²) in [6.07, 6.45) is 0.978. The maximum absolute atomic E-state index is 5.73. The van der Waals surface area contributed by atoms with E-state index < -0.39 is 0 Å². The lowest BCUT2D eigenvalue weighted by molar-refractivity contribution is 0.251. The number of nitrogens with one attached hydrogen (secondary N) is 1. The van der Waals surface area contributed by atoms with Crippen LogP contribution >= 0.6 is 0 Å². The van der Waals surface area contributed by atoms with Crippen molar-refractivity contribution >= 4 is 0 Å². The summed E-state index contributed by atoms with van der Waals surface area (Å²) in [6.45, 7) is 3.73. The van der Waals surface area contributed by atoms with Crippen molar-refractivity contribution in [3.63, 3.8) is 0 Å². The van der Waals surface area contributed by atoms with Crippen molar-refractivity contribution < 1.29 is 9.47 Å². The van der Waals surface area contributed by atoms with E-state index in [0.717, 1.165) is 31.1 Å². The summed E-state index contributed by atoms with van der Waals surface area (Å²) in [4.78, 5) is 0. The lowest BCUT2D eigenvalue weighted by Gasteiger charge is -2.27. The molecule has 0 bridgehead atoms. The second-order valence-corrected chi connectivity index (χ2v) is 5.46. The molecule has 0 amide bonds. The third-order valence-electron chi connectivity index (χ3n) is 3.93. The molecule has 1 unspecified atom stereocenters. The number of benzene rings is 2. The smallest absolute Gasteiger partial charge is 0.124 e. The van der Waals surface area contributed by atoms with Crippen LogP contribution in [0.3, 0.4) is 0 Å². The Hall–Kier alpha value is -2.00. The quantitative estimate of drug-likeness (QED) is 0.929.